The Morgan fingerprint density at radius 2 is 2.04 bits per heavy atom. The highest BCUT2D eigenvalue weighted by molar-refractivity contribution is 5.71. The number of aromatic hydroxyl groups is 1. The van der Waals surface area contributed by atoms with Crippen LogP contribution < -0.4 is 5.32 Å². The summed E-state index contributed by atoms with van der Waals surface area (Å²) in [6, 6.07) is 5.19. The van der Waals surface area contributed by atoms with Crippen molar-refractivity contribution in [1.29, 1.82) is 0 Å². The number of phenols is 1. The van der Waals surface area contributed by atoms with Crippen LogP contribution in [-0.2, 0) is 6.18 Å². The van der Waals surface area contributed by atoms with Gasteiger partial charge < -0.3 is 15.5 Å². The number of hydrogen-bond donors (Lipinski definition) is 3. The summed E-state index contributed by atoms with van der Waals surface area (Å²) < 4.78 is 38.6. The summed E-state index contributed by atoms with van der Waals surface area (Å²) >= 11 is 0. The van der Waals surface area contributed by atoms with Crippen LogP contribution in [0.1, 0.15) is 24.0 Å². The van der Waals surface area contributed by atoms with Crippen molar-refractivity contribution in [2.24, 2.45) is 0 Å². The lowest BCUT2D eigenvalue weighted by atomic mass is 10.0. The van der Waals surface area contributed by atoms with Gasteiger partial charge in [0.1, 0.15) is 11.6 Å². The van der Waals surface area contributed by atoms with Gasteiger partial charge in [0.15, 0.2) is 0 Å². The summed E-state index contributed by atoms with van der Waals surface area (Å²) in [6.07, 6.45) is -2.53. The monoisotopic (exact) mass is 396 g/mol. The first-order valence-corrected chi connectivity index (χ1v) is 9.12. The third kappa shape index (κ3) is 4.71. The van der Waals surface area contributed by atoms with E-state index in [1.54, 1.807) is 12.1 Å². The Morgan fingerprint density at radius 1 is 1.25 bits per heavy atom. The lowest BCUT2D eigenvalue weighted by Crippen LogP contribution is -2.43. The Kier molecular flexibility index (Phi) is 6.04. The van der Waals surface area contributed by atoms with Crippen molar-refractivity contribution in [2.45, 2.75) is 32.0 Å². The number of phenolic OH excluding ortho intramolecular Hbond substituents is 1. The molecule has 0 radical (unpaired) electrons. The molecule has 0 saturated carbocycles. The topological polar surface area (TPSA) is 81.5 Å². The van der Waals surface area contributed by atoms with Crippen LogP contribution in [0.4, 0.5) is 19.0 Å². The number of anilines is 1. The zero-order valence-electron chi connectivity index (χ0n) is 15.5. The predicted octanol–water partition coefficient (Wildman–Crippen LogP) is 3.05. The largest absolute Gasteiger partial charge is 0.507 e. The number of hydrogen-bond acceptors (Lipinski definition) is 6. The molecule has 0 bridgehead atoms. The van der Waals surface area contributed by atoms with E-state index >= 15 is 0 Å². The second-order valence-electron chi connectivity index (χ2n) is 7.00. The molecule has 1 aliphatic heterocycles. The zero-order chi connectivity index (χ0) is 20.3. The number of aryl methyl sites for hydroxylation is 1. The van der Waals surface area contributed by atoms with E-state index in [4.69, 9.17) is 5.11 Å². The SMILES string of the molecule is Cc1cc(C(F)(F)F)cc(O)c1-c1ccc(NC2CCCN(CCO)C2)nn1. The van der Waals surface area contributed by atoms with Crippen molar-refractivity contribution >= 4 is 5.82 Å². The first-order chi connectivity index (χ1) is 13.3. The molecule has 3 rings (SSSR count). The molecule has 1 aromatic carbocycles. The number of aliphatic hydroxyl groups is 1. The molecule has 1 aliphatic rings. The van der Waals surface area contributed by atoms with E-state index < -0.39 is 17.5 Å². The molecule has 152 valence electrons. The molecule has 1 aromatic heterocycles. The Labute approximate surface area is 161 Å². The van der Waals surface area contributed by atoms with Crippen molar-refractivity contribution in [2.75, 3.05) is 31.6 Å². The van der Waals surface area contributed by atoms with Crippen molar-refractivity contribution < 1.29 is 23.4 Å². The third-order valence-electron chi connectivity index (χ3n) is 4.84. The van der Waals surface area contributed by atoms with Gasteiger partial charge in [-0.15, -0.1) is 10.2 Å². The summed E-state index contributed by atoms with van der Waals surface area (Å²) in [5, 5.41) is 30.6. The first kappa shape index (κ1) is 20.3. The van der Waals surface area contributed by atoms with Crippen molar-refractivity contribution in [3.63, 3.8) is 0 Å². The number of β-amino-alcohol motifs (C(OH)–C–C–N with tert-alkyl or cyclic N) is 1. The minimum Gasteiger partial charge on any atom is -0.507 e. The third-order valence-corrected chi connectivity index (χ3v) is 4.84. The van der Waals surface area contributed by atoms with Gasteiger partial charge in [0.25, 0.3) is 0 Å². The number of rotatable bonds is 5. The van der Waals surface area contributed by atoms with E-state index in [1.165, 1.54) is 6.92 Å². The van der Waals surface area contributed by atoms with E-state index in [2.05, 4.69) is 20.4 Å². The van der Waals surface area contributed by atoms with Gasteiger partial charge in [-0.3, -0.25) is 4.90 Å². The summed E-state index contributed by atoms with van der Waals surface area (Å²) in [7, 11) is 0. The summed E-state index contributed by atoms with van der Waals surface area (Å²) in [5.41, 5.74) is -0.0878. The highest BCUT2D eigenvalue weighted by Gasteiger charge is 2.32. The number of piperidine rings is 1. The second kappa shape index (κ2) is 8.32. The van der Waals surface area contributed by atoms with Crippen LogP contribution in [0.2, 0.25) is 0 Å². The standard InChI is InChI=1S/C19H23F3N4O2/c1-12-9-13(19(20,21)22)10-16(28)18(12)15-4-5-17(25-24-15)23-14-3-2-6-26(11-14)7-8-27/h4-5,9-10,14,27-28H,2-3,6-8,11H2,1H3,(H,23,25). The fourth-order valence-corrected chi connectivity index (χ4v) is 3.54. The highest BCUT2D eigenvalue weighted by Crippen LogP contribution is 2.38. The van der Waals surface area contributed by atoms with Crippen LogP contribution in [0.25, 0.3) is 11.3 Å². The van der Waals surface area contributed by atoms with Gasteiger partial charge in [-0.1, -0.05) is 0 Å². The Bertz CT molecular complexity index is 787. The highest BCUT2D eigenvalue weighted by atomic mass is 19.4. The normalized spacial score (nSPS) is 18.2. The maximum atomic E-state index is 12.9. The molecular weight excluding hydrogens is 373 g/mol. The van der Waals surface area contributed by atoms with E-state index in [9.17, 15) is 18.3 Å². The molecule has 1 unspecified atom stereocenters. The summed E-state index contributed by atoms with van der Waals surface area (Å²) in [4.78, 5) is 2.17. The molecular formula is C19H23F3N4O2. The number of nitrogens with zero attached hydrogens (tertiary/aromatic N) is 3. The minimum atomic E-state index is -4.52. The average molecular weight is 396 g/mol. The lowest BCUT2D eigenvalue weighted by Gasteiger charge is -2.32. The Morgan fingerprint density at radius 3 is 2.64 bits per heavy atom. The molecule has 0 spiro atoms. The maximum Gasteiger partial charge on any atom is 0.416 e. The van der Waals surface area contributed by atoms with E-state index in [0.717, 1.165) is 32.0 Å². The smallest absolute Gasteiger partial charge is 0.416 e. The van der Waals surface area contributed by atoms with E-state index in [0.29, 0.717) is 24.1 Å². The van der Waals surface area contributed by atoms with Gasteiger partial charge in [0.05, 0.1) is 17.9 Å². The quantitative estimate of drug-likeness (QED) is 0.721. The number of benzene rings is 1. The van der Waals surface area contributed by atoms with Crippen LogP contribution in [0.3, 0.4) is 0 Å². The molecule has 1 saturated heterocycles. The second-order valence-corrected chi connectivity index (χ2v) is 7.00. The maximum absolute atomic E-state index is 12.9. The molecule has 3 N–H and O–H groups in total. The van der Waals surface area contributed by atoms with Gasteiger partial charge >= 0.3 is 6.18 Å². The van der Waals surface area contributed by atoms with Crippen molar-refractivity contribution in [1.82, 2.24) is 15.1 Å². The molecule has 1 atom stereocenters. The predicted molar refractivity (Wildman–Crippen MR) is 99.0 cm³/mol. The lowest BCUT2D eigenvalue weighted by molar-refractivity contribution is -0.137. The number of likely N-dealkylation sites (tertiary alicyclic amines) is 1. The van der Waals surface area contributed by atoms with Crippen LogP contribution in [0, 0.1) is 6.92 Å². The molecule has 2 heterocycles. The fourth-order valence-electron chi connectivity index (χ4n) is 3.54. The van der Waals surface area contributed by atoms with Gasteiger partial charge in [-0.2, -0.15) is 13.2 Å². The van der Waals surface area contributed by atoms with Crippen LogP contribution in [0.5, 0.6) is 5.75 Å². The molecule has 0 amide bonds. The van der Waals surface area contributed by atoms with Crippen molar-refractivity contribution in [3.05, 3.63) is 35.4 Å². The fraction of sp³-hybridized carbons (Fsp3) is 0.474. The number of aliphatic hydroxyl groups excluding tert-OH is 1. The zero-order valence-corrected chi connectivity index (χ0v) is 15.5. The molecule has 1 fully saturated rings. The number of aromatic nitrogens is 2. The average Bonchev–Trinajstić information content (AvgIpc) is 2.62. The van der Waals surface area contributed by atoms with E-state index in [-0.39, 0.29) is 23.8 Å². The minimum absolute atomic E-state index is 0.122. The summed E-state index contributed by atoms with van der Waals surface area (Å²) in [6.45, 7) is 4.00. The van der Waals surface area contributed by atoms with Crippen molar-refractivity contribution in [3.8, 4) is 17.0 Å². The van der Waals surface area contributed by atoms with Gasteiger partial charge in [0, 0.05) is 24.7 Å². The number of nitrogens with one attached hydrogen (secondary N) is 1. The van der Waals surface area contributed by atoms with Crippen LogP contribution >= 0.6 is 0 Å². The molecule has 9 heteroatoms. The van der Waals surface area contributed by atoms with Gasteiger partial charge in [-0.05, 0) is 56.1 Å². The molecule has 28 heavy (non-hydrogen) atoms. The van der Waals surface area contributed by atoms with Crippen LogP contribution in [-0.4, -0.2) is 57.6 Å². The molecule has 0 aliphatic carbocycles. The molecule has 6 nitrogen and oxygen atoms in total. The summed E-state index contributed by atoms with van der Waals surface area (Å²) in [5.74, 6) is 0.0814. The van der Waals surface area contributed by atoms with Crippen LogP contribution in [0.15, 0.2) is 24.3 Å². The van der Waals surface area contributed by atoms with E-state index in [1.807, 2.05) is 0 Å². The number of alkyl halides is 3. The Balaban J connectivity index is 1.74. The molecule has 2 aromatic rings. The Hall–Kier alpha value is -2.39. The van der Waals surface area contributed by atoms with Gasteiger partial charge in [-0.25, -0.2) is 0 Å². The van der Waals surface area contributed by atoms with Gasteiger partial charge in [0.2, 0.25) is 0 Å². The first-order valence-electron chi connectivity index (χ1n) is 9.12. The number of halogens is 3.